The van der Waals surface area contributed by atoms with Crippen LogP contribution in [0.15, 0.2) is 54.6 Å². The van der Waals surface area contributed by atoms with Crippen molar-refractivity contribution in [3.63, 3.8) is 0 Å². The molecule has 0 atom stereocenters. The highest BCUT2D eigenvalue weighted by Gasteiger charge is 2.04. The molecule has 3 rings (SSSR count). The molecule has 5 heteroatoms. The van der Waals surface area contributed by atoms with Crippen LogP contribution in [0.2, 0.25) is 0 Å². The van der Waals surface area contributed by atoms with Gasteiger partial charge < -0.3 is 15.4 Å². The van der Waals surface area contributed by atoms with Gasteiger partial charge in [0.05, 0.1) is 7.11 Å². The molecule has 1 aromatic heterocycles. The minimum absolute atomic E-state index is 0.732. The summed E-state index contributed by atoms with van der Waals surface area (Å²) in [6.45, 7) is 4.77. The maximum absolute atomic E-state index is 5.19. The summed E-state index contributed by atoms with van der Waals surface area (Å²) in [4.78, 5) is 8.95. The van der Waals surface area contributed by atoms with Crippen LogP contribution in [0.25, 0.3) is 0 Å². The van der Waals surface area contributed by atoms with Gasteiger partial charge in [-0.25, -0.2) is 9.97 Å². The van der Waals surface area contributed by atoms with Gasteiger partial charge in [0.2, 0.25) is 0 Å². The first-order chi connectivity index (χ1) is 12.6. The molecule has 0 bridgehead atoms. The molecule has 2 aromatic carbocycles. The predicted molar refractivity (Wildman–Crippen MR) is 106 cm³/mol. The van der Waals surface area contributed by atoms with E-state index in [0.717, 1.165) is 41.9 Å². The zero-order valence-corrected chi connectivity index (χ0v) is 15.4. The second-order valence-electron chi connectivity index (χ2n) is 6.15. The van der Waals surface area contributed by atoms with Crippen molar-refractivity contribution in [2.45, 2.75) is 20.3 Å². The summed E-state index contributed by atoms with van der Waals surface area (Å²) in [5.74, 6) is 3.22. The lowest BCUT2D eigenvalue weighted by Crippen LogP contribution is -2.08. The molecule has 0 amide bonds. The monoisotopic (exact) mass is 348 g/mol. The molecule has 0 radical (unpaired) electrons. The number of nitrogens with one attached hydrogen (secondary N) is 2. The summed E-state index contributed by atoms with van der Waals surface area (Å²) >= 11 is 0. The lowest BCUT2D eigenvalue weighted by atomic mass is 10.1. The van der Waals surface area contributed by atoms with Gasteiger partial charge in [-0.2, -0.15) is 0 Å². The Balaban J connectivity index is 1.62. The van der Waals surface area contributed by atoms with Crippen LogP contribution in [0.3, 0.4) is 0 Å². The van der Waals surface area contributed by atoms with Crippen molar-refractivity contribution in [3.05, 3.63) is 71.5 Å². The van der Waals surface area contributed by atoms with E-state index in [4.69, 9.17) is 4.74 Å². The topological polar surface area (TPSA) is 59.1 Å². The average molecular weight is 348 g/mol. The first-order valence-electron chi connectivity index (χ1n) is 8.69. The van der Waals surface area contributed by atoms with Crippen molar-refractivity contribution < 1.29 is 4.74 Å². The van der Waals surface area contributed by atoms with Crippen molar-refractivity contribution in [2.75, 3.05) is 24.3 Å². The molecular weight excluding hydrogens is 324 g/mol. The van der Waals surface area contributed by atoms with E-state index in [1.807, 2.05) is 43.3 Å². The fourth-order valence-corrected chi connectivity index (χ4v) is 2.70. The van der Waals surface area contributed by atoms with E-state index >= 15 is 0 Å². The first-order valence-corrected chi connectivity index (χ1v) is 8.69. The summed E-state index contributed by atoms with van der Waals surface area (Å²) in [6, 6.07) is 18.2. The van der Waals surface area contributed by atoms with Crippen LogP contribution >= 0.6 is 0 Å². The van der Waals surface area contributed by atoms with E-state index in [0.29, 0.717) is 0 Å². The van der Waals surface area contributed by atoms with Crippen LogP contribution < -0.4 is 15.4 Å². The third-order valence-corrected chi connectivity index (χ3v) is 4.12. The van der Waals surface area contributed by atoms with E-state index in [-0.39, 0.29) is 0 Å². The van der Waals surface area contributed by atoms with Crippen molar-refractivity contribution >= 4 is 17.3 Å². The van der Waals surface area contributed by atoms with Crippen LogP contribution in [0.5, 0.6) is 5.75 Å². The fourth-order valence-electron chi connectivity index (χ4n) is 2.70. The summed E-state index contributed by atoms with van der Waals surface area (Å²) in [5, 5.41) is 6.75. The summed E-state index contributed by atoms with van der Waals surface area (Å²) in [7, 11) is 1.68. The molecule has 0 aliphatic carbocycles. The maximum Gasteiger partial charge on any atom is 0.136 e. The summed E-state index contributed by atoms with van der Waals surface area (Å²) < 4.78 is 5.19. The number of hydrogen-bond acceptors (Lipinski definition) is 5. The van der Waals surface area contributed by atoms with Crippen molar-refractivity contribution in [2.24, 2.45) is 0 Å². The van der Waals surface area contributed by atoms with Gasteiger partial charge in [0.15, 0.2) is 0 Å². The number of aromatic nitrogens is 2. The second-order valence-corrected chi connectivity index (χ2v) is 6.15. The third-order valence-electron chi connectivity index (χ3n) is 4.12. The Hall–Kier alpha value is -3.08. The van der Waals surface area contributed by atoms with Gasteiger partial charge in [-0.15, -0.1) is 0 Å². The summed E-state index contributed by atoms with van der Waals surface area (Å²) in [6.07, 6.45) is 0.910. The number of ether oxygens (including phenoxy) is 1. The average Bonchev–Trinajstić information content (AvgIpc) is 2.64. The number of hydrogen-bond donors (Lipinski definition) is 2. The van der Waals surface area contributed by atoms with Gasteiger partial charge in [0, 0.05) is 18.3 Å². The smallest absolute Gasteiger partial charge is 0.136 e. The second kappa shape index (κ2) is 8.34. The molecule has 2 N–H and O–H groups in total. The van der Waals surface area contributed by atoms with Gasteiger partial charge in [-0.3, -0.25) is 0 Å². The van der Waals surface area contributed by atoms with Gasteiger partial charge in [0.1, 0.15) is 23.2 Å². The van der Waals surface area contributed by atoms with Crippen LogP contribution in [0.1, 0.15) is 17.0 Å². The number of aryl methyl sites for hydroxylation is 2. The lowest BCUT2D eigenvalue weighted by Gasteiger charge is -2.12. The van der Waals surface area contributed by atoms with Gasteiger partial charge in [-0.05, 0) is 49.6 Å². The Bertz CT molecular complexity index is 862. The number of rotatable bonds is 7. The van der Waals surface area contributed by atoms with E-state index in [1.54, 1.807) is 7.11 Å². The van der Waals surface area contributed by atoms with Gasteiger partial charge in [-0.1, -0.05) is 30.3 Å². The molecule has 0 spiro atoms. The van der Waals surface area contributed by atoms with E-state index in [1.165, 1.54) is 11.1 Å². The Kier molecular flexibility index (Phi) is 5.69. The minimum Gasteiger partial charge on any atom is -0.497 e. The molecule has 0 saturated carbocycles. The molecule has 3 aromatic rings. The van der Waals surface area contributed by atoms with Crippen LogP contribution in [0.4, 0.5) is 17.3 Å². The third kappa shape index (κ3) is 4.72. The molecule has 5 nitrogen and oxygen atoms in total. The van der Waals surface area contributed by atoms with Crippen LogP contribution in [0, 0.1) is 13.8 Å². The van der Waals surface area contributed by atoms with Crippen LogP contribution in [-0.2, 0) is 6.42 Å². The normalized spacial score (nSPS) is 10.4. The van der Waals surface area contributed by atoms with Gasteiger partial charge >= 0.3 is 0 Å². The van der Waals surface area contributed by atoms with Crippen molar-refractivity contribution in [3.8, 4) is 5.75 Å². The molecule has 26 heavy (non-hydrogen) atoms. The summed E-state index contributed by atoms with van der Waals surface area (Å²) in [5.41, 5.74) is 3.48. The molecule has 134 valence electrons. The molecule has 0 saturated heterocycles. The molecular formula is C21H24N4O. The van der Waals surface area contributed by atoms with E-state index in [9.17, 15) is 0 Å². The first kappa shape index (κ1) is 17.7. The number of methoxy groups -OCH3 is 1. The number of benzene rings is 2. The number of anilines is 3. The van der Waals surface area contributed by atoms with Crippen molar-refractivity contribution in [1.29, 1.82) is 0 Å². The molecule has 0 aliphatic rings. The highest BCUT2D eigenvalue weighted by molar-refractivity contribution is 5.62. The van der Waals surface area contributed by atoms with Crippen molar-refractivity contribution in [1.82, 2.24) is 9.97 Å². The van der Waals surface area contributed by atoms with E-state index < -0.39 is 0 Å². The zero-order valence-electron chi connectivity index (χ0n) is 15.4. The number of para-hydroxylation sites is 1. The largest absolute Gasteiger partial charge is 0.497 e. The SMILES string of the molecule is COc1ccc(CCNc2cc(Nc3ccccc3C)nc(C)n2)cc1. The zero-order chi connectivity index (χ0) is 18.4. The van der Waals surface area contributed by atoms with Crippen LogP contribution in [-0.4, -0.2) is 23.6 Å². The maximum atomic E-state index is 5.19. The Morgan fingerprint density at radius 2 is 1.65 bits per heavy atom. The number of nitrogens with zero attached hydrogens (tertiary/aromatic N) is 2. The van der Waals surface area contributed by atoms with Gasteiger partial charge in [0.25, 0.3) is 0 Å². The minimum atomic E-state index is 0.732. The molecule has 0 fully saturated rings. The Morgan fingerprint density at radius 1 is 0.923 bits per heavy atom. The lowest BCUT2D eigenvalue weighted by molar-refractivity contribution is 0.414. The molecule has 0 aliphatic heterocycles. The van der Waals surface area contributed by atoms with E-state index in [2.05, 4.69) is 45.7 Å². The molecule has 1 heterocycles. The highest BCUT2D eigenvalue weighted by Crippen LogP contribution is 2.20. The Labute approximate surface area is 154 Å². The molecule has 0 unspecified atom stereocenters. The Morgan fingerprint density at radius 3 is 2.38 bits per heavy atom. The fraction of sp³-hybridized carbons (Fsp3) is 0.238. The highest BCUT2D eigenvalue weighted by atomic mass is 16.5. The quantitative estimate of drug-likeness (QED) is 0.658. The predicted octanol–water partition coefficient (Wildman–Crippen LogP) is 4.50. The standard InChI is InChI=1S/C21H24N4O/c1-15-6-4-5-7-19(15)25-21-14-20(23-16(2)24-21)22-13-12-17-8-10-18(26-3)11-9-17/h4-11,14H,12-13H2,1-3H3,(H2,22,23,24,25).